The van der Waals surface area contributed by atoms with E-state index in [1.807, 2.05) is 0 Å². The maximum absolute atomic E-state index is 11.4. The van der Waals surface area contributed by atoms with Gasteiger partial charge in [0.05, 0.1) is 19.8 Å². The lowest BCUT2D eigenvalue weighted by atomic mass is 10.1. The first kappa shape index (κ1) is 21.9. The number of unbranched alkanes of at least 4 members (excludes halogenated alkanes) is 5. The molecule has 0 saturated heterocycles. The van der Waals surface area contributed by atoms with Gasteiger partial charge in [0.2, 0.25) is 0 Å². The third-order valence-electron chi connectivity index (χ3n) is 3.28. The van der Waals surface area contributed by atoms with Crippen LogP contribution in [0.5, 0.6) is 0 Å². The minimum atomic E-state index is -0.747. The molecule has 0 unspecified atom stereocenters. The summed E-state index contributed by atoms with van der Waals surface area (Å²) >= 11 is 0. The van der Waals surface area contributed by atoms with Crippen LogP contribution < -0.4 is 0 Å². The Balaban J connectivity index is 3.17. The van der Waals surface area contributed by atoms with Crippen LogP contribution in [-0.2, 0) is 23.8 Å². The van der Waals surface area contributed by atoms with E-state index in [9.17, 15) is 9.59 Å². The molecule has 0 aliphatic rings. The van der Waals surface area contributed by atoms with Gasteiger partial charge in [-0.3, -0.25) is 9.59 Å². The summed E-state index contributed by atoms with van der Waals surface area (Å²) in [6, 6.07) is 0. The largest absolute Gasteiger partial charge is 0.481 e. The molecule has 6 nitrogen and oxygen atoms in total. The Morgan fingerprint density at radius 3 is 1.96 bits per heavy atom. The van der Waals surface area contributed by atoms with Gasteiger partial charge in [-0.2, -0.15) is 0 Å². The van der Waals surface area contributed by atoms with E-state index in [1.54, 1.807) is 0 Å². The highest BCUT2D eigenvalue weighted by atomic mass is 16.6. The lowest BCUT2D eigenvalue weighted by molar-refractivity contribution is -0.145. The number of hydrogen-bond donors (Lipinski definition) is 1. The van der Waals surface area contributed by atoms with Gasteiger partial charge in [-0.1, -0.05) is 32.6 Å². The van der Waals surface area contributed by atoms with Gasteiger partial charge in [0.15, 0.2) is 0 Å². The monoisotopic (exact) mass is 332 g/mol. The number of aliphatic carboxylic acids is 1. The van der Waals surface area contributed by atoms with Gasteiger partial charge in [0, 0.05) is 19.4 Å². The van der Waals surface area contributed by atoms with Crippen LogP contribution in [0.2, 0.25) is 0 Å². The van der Waals surface area contributed by atoms with E-state index in [0.29, 0.717) is 32.7 Å². The van der Waals surface area contributed by atoms with Crippen LogP contribution >= 0.6 is 0 Å². The number of carboxylic acid groups (broad SMARTS) is 1. The topological polar surface area (TPSA) is 82.1 Å². The highest BCUT2D eigenvalue weighted by molar-refractivity contribution is 5.69. The predicted molar refractivity (Wildman–Crippen MR) is 87.5 cm³/mol. The van der Waals surface area contributed by atoms with E-state index in [2.05, 4.69) is 6.92 Å². The number of esters is 1. The van der Waals surface area contributed by atoms with Gasteiger partial charge < -0.3 is 19.3 Å². The Hall–Kier alpha value is -1.14. The fourth-order valence-electron chi connectivity index (χ4n) is 1.93. The second-order valence-electron chi connectivity index (χ2n) is 5.46. The Bertz CT molecular complexity index is 293. The summed E-state index contributed by atoms with van der Waals surface area (Å²) in [4.78, 5) is 21.8. The van der Waals surface area contributed by atoms with Gasteiger partial charge in [-0.05, 0) is 19.3 Å². The third kappa shape index (κ3) is 18.8. The Labute approximate surface area is 139 Å². The molecule has 0 aromatic rings. The van der Waals surface area contributed by atoms with E-state index in [1.165, 1.54) is 0 Å². The van der Waals surface area contributed by atoms with Crippen molar-refractivity contribution in [1.82, 2.24) is 0 Å². The van der Waals surface area contributed by atoms with Crippen LogP contribution in [0.15, 0.2) is 0 Å². The molecule has 0 spiro atoms. The van der Waals surface area contributed by atoms with Crippen LogP contribution in [-0.4, -0.2) is 50.1 Å². The molecule has 6 heteroatoms. The predicted octanol–water partition coefficient (Wildman–Crippen LogP) is 3.18. The first-order chi connectivity index (χ1) is 11.2. The van der Waals surface area contributed by atoms with Crippen LogP contribution in [0, 0.1) is 0 Å². The summed E-state index contributed by atoms with van der Waals surface area (Å²) in [5.74, 6) is -0.943. The van der Waals surface area contributed by atoms with Crippen LogP contribution in [0.25, 0.3) is 0 Å². The molecule has 0 aromatic carbocycles. The molecular formula is C17H32O6. The summed E-state index contributed by atoms with van der Waals surface area (Å²) in [5.41, 5.74) is 0. The van der Waals surface area contributed by atoms with Crippen molar-refractivity contribution in [3.8, 4) is 0 Å². The standard InChI is InChI=1S/C17H32O6/c1-2-3-11-21-12-13-22-14-15-23-17(20)10-8-6-4-5-7-9-16(18)19/h2-15H2,1H3,(H,18,19). The molecule has 1 N–H and O–H groups in total. The molecule has 0 amide bonds. The van der Waals surface area contributed by atoms with Crippen molar-refractivity contribution >= 4 is 11.9 Å². The zero-order valence-electron chi connectivity index (χ0n) is 14.4. The number of rotatable bonds is 17. The van der Waals surface area contributed by atoms with Gasteiger partial charge >= 0.3 is 11.9 Å². The quantitative estimate of drug-likeness (QED) is 0.325. The molecular weight excluding hydrogens is 300 g/mol. The highest BCUT2D eigenvalue weighted by Gasteiger charge is 2.03. The molecule has 0 aliphatic heterocycles. The van der Waals surface area contributed by atoms with Crippen molar-refractivity contribution in [2.45, 2.75) is 64.7 Å². The maximum Gasteiger partial charge on any atom is 0.305 e. The molecule has 0 aliphatic carbocycles. The Kier molecular flexibility index (Phi) is 16.4. The summed E-state index contributed by atoms with van der Waals surface area (Å²) in [6.07, 6.45) is 7.12. The first-order valence-electron chi connectivity index (χ1n) is 8.69. The molecule has 0 bridgehead atoms. The highest BCUT2D eigenvalue weighted by Crippen LogP contribution is 2.07. The normalized spacial score (nSPS) is 10.7. The van der Waals surface area contributed by atoms with Crippen LogP contribution in [0.1, 0.15) is 64.7 Å². The number of carbonyl (C=O) groups is 2. The molecule has 0 heterocycles. The summed E-state index contributed by atoms with van der Waals surface area (Å²) in [7, 11) is 0. The lowest BCUT2D eigenvalue weighted by Gasteiger charge is -2.07. The second-order valence-corrected chi connectivity index (χ2v) is 5.46. The molecule has 0 saturated carbocycles. The Morgan fingerprint density at radius 1 is 0.739 bits per heavy atom. The smallest absolute Gasteiger partial charge is 0.305 e. The zero-order valence-corrected chi connectivity index (χ0v) is 14.4. The van der Waals surface area contributed by atoms with Gasteiger partial charge in [0.25, 0.3) is 0 Å². The zero-order chi connectivity index (χ0) is 17.2. The number of hydrogen-bond acceptors (Lipinski definition) is 5. The van der Waals surface area contributed by atoms with Crippen molar-refractivity contribution in [1.29, 1.82) is 0 Å². The van der Waals surface area contributed by atoms with Crippen molar-refractivity contribution < 1.29 is 28.9 Å². The molecule has 0 fully saturated rings. The van der Waals surface area contributed by atoms with Gasteiger partial charge in [-0.15, -0.1) is 0 Å². The molecule has 0 aromatic heterocycles. The van der Waals surface area contributed by atoms with E-state index in [4.69, 9.17) is 19.3 Å². The molecule has 136 valence electrons. The summed E-state index contributed by atoms with van der Waals surface area (Å²) in [5, 5.41) is 8.50. The maximum atomic E-state index is 11.4. The number of ether oxygens (including phenoxy) is 3. The Morgan fingerprint density at radius 2 is 1.30 bits per heavy atom. The fraction of sp³-hybridized carbons (Fsp3) is 0.882. The fourth-order valence-corrected chi connectivity index (χ4v) is 1.93. The molecule has 0 radical (unpaired) electrons. The van der Waals surface area contributed by atoms with E-state index in [0.717, 1.165) is 45.1 Å². The van der Waals surface area contributed by atoms with Crippen molar-refractivity contribution in [2.24, 2.45) is 0 Å². The SMILES string of the molecule is CCCCOCCOCCOC(=O)CCCCCCCC(=O)O. The van der Waals surface area contributed by atoms with Crippen LogP contribution in [0.3, 0.4) is 0 Å². The van der Waals surface area contributed by atoms with E-state index >= 15 is 0 Å². The summed E-state index contributed by atoms with van der Waals surface area (Å²) < 4.78 is 15.7. The first-order valence-corrected chi connectivity index (χ1v) is 8.69. The number of carboxylic acids is 1. The third-order valence-corrected chi connectivity index (χ3v) is 3.28. The van der Waals surface area contributed by atoms with E-state index < -0.39 is 5.97 Å². The lowest BCUT2D eigenvalue weighted by Crippen LogP contribution is -2.13. The van der Waals surface area contributed by atoms with Crippen molar-refractivity contribution in [2.75, 3.05) is 33.0 Å². The molecule has 0 atom stereocenters. The van der Waals surface area contributed by atoms with Gasteiger partial charge in [0.1, 0.15) is 6.61 Å². The van der Waals surface area contributed by atoms with Gasteiger partial charge in [-0.25, -0.2) is 0 Å². The van der Waals surface area contributed by atoms with E-state index in [-0.39, 0.29) is 19.0 Å². The minimum Gasteiger partial charge on any atom is -0.481 e. The second kappa shape index (κ2) is 17.2. The average molecular weight is 332 g/mol. The molecule has 0 rings (SSSR count). The minimum absolute atomic E-state index is 0.196. The average Bonchev–Trinajstić information content (AvgIpc) is 2.52. The molecule has 23 heavy (non-hydrogen) atoms. The van der Waals surface area contributed by atoms with Crippen LogP contribution in [0.4, 0.5) is 0 Å². The number of carbonyl (C=O) groups excluding carboxylic acids is 1. The van der Waals surface area contributed by atoms with Crippen molar-refractivity contribution in [3.63, 3.8) is 0 Å². The van der Waals surface area contributed by atoms with Crippen molar-refractivity contribution in [3.05, 3.63) is 0 Å². The summed E-state index contributed by atoms with van der Waals surface area (Å²) in [6.45, 7) is 4.68.